The topological polar surface area (TPSA) is 130 Å². The van der Waals surface area contributed by atoms with Crippen molar-refractivity contribution in [3.63, 3.8) is 0 Å². The molecule has 0 aliphatic carbocycles. The molecule has 8 nitrogen and oxygen atoms in total. The number of hydrogen-bond acceptors (Lipinski definition) is 6. The van der Waals surface area contributed by atoms with Crippen molar-refractivity contribution >= 4 is 15.5 Å². The molecule has 0 aliphatic heterocycles. The molecule has 2 N–H and O–H groups in total. The molecule has 1 heterocycles. The molecule has 1 aromatic heterocycles. The van der Waals surface area contributed by atoms with E-state index in [-0.39, 0.29) is 5.69 Å². The van der Waals surface area contributed by atoms with Crippen LogP contribution in [0.15, 0.2) is 44.9 Å². The lowest BCUT2D eigenvalue weighted by atomic mass is 10.3. The van der Waals surface area contributed by atoms with Crippen molar-refractivity contribution in [2.45, 2.75) is 16.7 Å². The van der Waals surface area contributed by atoms with Gasteiger partial charge < -0.3 is 10.1 Å². The van der Waals surface area contributed by atoms with Crippen LogP contribution in [0.4, 0.5) is 5.69 Å². The summed E-state index contributed by atoms with van der Waals surface area (Å²) in [6.07, 6.45) is 0. The number of aryl methyl sites for hydroxylation is 1. The number of aromatic nitrogens is 1. The lowest BCUT2D eigenvalue weighted by molar-refractivity contribution is -0.387. The van der Waals surface area contributed by atoms with Crippen LogP contribution in [0.25, 0.3) is 0 Å². The summed E-state index contributed by atoms with van der Waals surface area (Å²) in [5.41, 5.74) is -1.44. The third-order valence-electron chi connectivity index (χ3n) is 2.72. The van der Waals surface area contributed by atoms with E-state index in [1.54, 1.807) is 0 Å². The number of nitrogens with zero attached hydrogens (tertiary/aromatic N) is 1. The SMILES string of the molecule is Cc1cc(O)c(S(=O)(=O)c2ccccc2[N+](=O)[O-])c(=O)[nH]1. The second kappa shape index (κ2) is 5.02. The smallest absolute Gasteiger partial charge is 0.288 e. The number of rotatable bonds is 3. The van der Waals surface area contributed by atoms with E-state index < -0.39 is 41.5 Å². The maximum absolute atomic E-state index is 12.4. The molecule has 1 aromatic carbocycles. The largest absolute Gasteiger partial charge is 0.506 e. The van der Waals surface area contributed by atoms with Crippen LogP contribution in [0.3, 0.4) is 0 Å². The molecule has 0 bridgehead atoms. The molecule has 0 amide bonds. The van der Waals surface area contributed by atoms with Gasteiger partial charge in [-0.25, -0.2) is 8.42 Å². The van der Waals surface area contributed by atoms with Crippen molar-refractivity contribution in [3.8, 4) is 5.75 Å². The number of nitro benzene ring substituents is 1. The molecule has 0 saturated heterocycles. The fraction of sp³-hybridized carbons (Fsp3) is 0.0833. The standard InChI is InChI=1S/C12H10N2O6S/c1-7-6-9(15)11(12(16)13-7)21(19,20)10-5-3-2-4-8(10)14(17)18/h2-6H,1H3,(H2,13,15,16). The average molecular weight is 310 g/mol. The lowest BCUT2D eigenvalue weighted by Gasteiger charge is -2.07. The van der Waals surface area contributed by atoms with Crippen LogP contribution in [0.2, 0.25) is 0 Å². The zero-order valence-corrected chi connectivity index (χ0v) is 11.5. The van der Waals surface area contributed by atoms with E-state index in [4.69, 9.17) is 0 Å². The summed E-state index contributed by atoms with van der Waals surface area (Å²) in [5.74, 6) is -0.755. The van der Waals surface area contributed by atoms with E-state index >= 15 is 0 Å². The van der Waals surface area contributed by atoms with E-state index in [0.717, 1.165) is 18.2 Å². The molecular weight excluding hydrogens is 300 g/mol. The molecule has 0 unspecified atom stereocenters. The van der Waals surface area contributed by atoms with Crippen molar-refractivity contribution < 1.29 is 18.4 Å². The summed E-state index contributed by atoms with van der Waals surface area (Å²) in [5, 5.41) is 20.6. The zero-order chi connectivity index (χ0) is 15.8. The van der Waals surface area contributed by atoms with Crippen molar-refractivity contribution in [2.24, 2.45) is 0 Å². The first-order chi connectivity index (χ1) is 9.75. The Bertz CT molecular complexity index is 885. The molecule has 21 heavy (non-hydrogen) atoms. The highest BCUT2D eigenvalue weighted by molar-refractivity contribution is 7.91. The minimum Gasteiger partial charge on any atom is -0.506 e. The number of H-pyrrole nitrogens is 1. The summed E-state index contributed by atoms with van der Waals surface area (Å²) in [7, 11) is -4.53. The van der Waals surface area contributed by atoms with Gasteiger partial charge in [0.15, 0.2) is 4.90 Å². The predicted octanol–water partition coefficient (Wildman–Crippen LogP) is 1.13. The van der Waals surface area contributed by atoms with Gasteiger partial charge in [0.2, 0.25) is 9.84 Å². The number of pyridine rings is 1. The van der Waals surface area contributed by atoms with E-state index in [1.807, 2.05) is 0 Å². The Morgan fingerprint density at radius 3 is 2.48 bits per heavy atom. The normalized spacial score (nSPS) is 11.3. The summed E-state index contributed by atoms with van der Waals surface area (Å²) >= 11 is 0. The highest BCUT2D eigenvalue weighted by atomic mass is 32.2. The number of hydrogen-bond donors (Lipinski definition) is 2. The number of para-hydroxylation sites is 1. The third kappa shape index (κ3) is 2.50. The number of aromatic hydroxyl groups is 1. The number of nitro groups is 1. The molecular formula is C12H10N2O6S. The van der Waals surface area contributed by atoms with Gasteiger partial charge in [-0.15, -0.1) is 0 Å². The van der Waals surface area contributed by atoms with Gasteiger partial charge in [-0.1, -0.05) is 12.1 Å². The number of nitrogens with one attached hydrogen (secondary N) is 1. The first kappa shape index (κ1) is 14.7. The molecule has 2 rings (SSSR count). The van der Waals surface area contributed by atoms with Crippen LogP contribution in [-0.4, -0.2) is 23.4 Å². The molecule has 0 radical (unpaired) electrons. The summed E-state index contributed by atoms with van der Waals surface area (Å²) < 4.78 is 24.9. The maximum Gasteiger partial charge on any atom is 0.288 e. The average Bonchev–Trinajstić information content (AvgIpc) is 2.37. The Labute approximate surface area is 118 Å². The Hall–Kier alpha value is -2.68. The molecule has 0 atom stereocenters. The van der Waals surface area contributed by atoms with Gasteiger partial charge >= 0.3 is 0 Å². The van der Waals surface area contributed by atoms with E-state index in [9.17, 15) is 28.4 Å². The van der Waals surface area contributed by atoms with Crippen molar-refractivity contribution in [1.29, 1.82) is 0 Å². The first-order valence-corrected chi connectivity index (χ1v) is 7.15. The van der Waals surface area contributed by atoms with Gasteiger partial charge in [0, 0.05) is 17.8 Å². The molecule has 0 fully saturated rings. The molecule has 110 valence electrons. The molecule has 0 spiro atoms. The van der Waals surface area contributed by atoms with Crippen molar-refractivity contribution in [1.82, 2.24) is 4.98 Å². The third-order valence-corrected chi connectivity index (χ3v) is 4.58. The highest BCUT2D eigenvalue weighted by Crippen LogP contribution is 2.31. The van der Waals surface area contributed by atoms with Crippen molar-refractivity contribution in [2.75, 3.05) is 0 Å². The quantitative estimate of drug-likeness (QED) is 0.645. The molecule has 2 aromatic rings. The van der Waals surface area contributed by atoms with Gasteiger partial charge in [0.05, 0.1) is 4.92 Å². The fourth-order valence-electron chi connectivity index (χ4n) is 1.86. The Morgan fingerprint density at radius 1 is 1.29 bits per heavy atom. The first-order valence-electron chi connectivity index (χ1n) is 5.66. The predicted molar refractivity (Wildman–Crippen MR) is 72.0 cm³/mol. The number of benzene rings is 1. The van der Waals surface area contributed by atoms with E-state index in [0.29, 0.717) is 0 Å². The van der Waals surface area contributed by atoms with Gasteiger partial charge in [0.25, 0.3) is 11.2 Å². The minimum absolute atomic E-state index is 0.263. The number of sulfone groups is 1. The fourth-order valence-corrected chi connectivity index (χ4v) is 3.39. The van der Waals surface area contributed by atoms with E-state index in [2.05, 4.69) is 4.98 Å². The minimum atomic E-state index is -4.53. The molecule has 0 saturated carbocycles. The summed E-state index contributed by atoms with van der Waals surface area (Å²) in [6.45, 7) is 1.46. The highest BCUT2D eigenvalue weighted by Gasteiger charge is 2.31. The molecule has 0 aliphatic rings. The Balaban J connectivity index is 2.82. The maximum atomic E-state index is 12.4. The second-order valence-electron chi connectivity index (χ2n) is 4.22. The van der Waals surface area contributed by atoms with Crippen LogP contribution < -0.4 is 5.56 Å². The van der Waals surface area contributed by atoms with Crippen LogP contribution in [0.1, 0.15) is 5.69 Å². The monoisotopic (exact) mass is 310 g/mol. The lowest BCUT2D eigenvalue weighted by Crippen LogP contribution is -2.19. The van der Waals surface area contributed by atoms with E-state index in [1.165, 1.54) is 19.1 Å². The van der Waals surface area contributed by atoms with Crippen molar-refractivity contribution in [3.05, 3.63) is 56.5 Å². The second-order valence-corrected chi connectivity index (χ2v) is 6.08. The summed E-state index contributed by atoms with van der Waals surface area (Å²) in [6, 6.07) is 5.66. The zero-order valence-electron chi connectivity index (χ0n) is 10.7. The van der Waals surface area contributed by atoms with Gasteiger partial charge in [0.1, 0.15) is 10.6 Å². The van der Waals surface area contributed by atoms with Crippen LogP contribution in [0.5, 0.6) is 5.75 Å². The van der Waals surface area contributed by atoms with Gasteiger partial charge in [-0.3, -0.25) is 14.9 Å². The van der Waals surface area contributed by atoms with Crippen LogP contribution >= 0.6 is 0 Å². The Kier molecular flexibility index (Phi) is 3.52. The Morgan fingerprint density at radius 2 is 1.90 bits per heavy atom. The number of aromatic amines is 1. The summed E-state index contributed by atoms with van der Waals surface area (Å²) in [4.78, 5) is 22.5. The molecule has 9 heteroatoms. The van der Waals surface area contributed by atoms with Gasteiger partial charge in [-0.2, -0.15) is 0 Å². The van der Waals surface area contributed by atoms with Gasteiger partial charge in [-0.05, 0) is 13.0 Å². The van der Waals surface area contributed by atoms with Crippen LogP contribution in [0, 0.1) is 17.0 Å². The van der Waals surface area contributed by atoms with Crippen LogP contribution in [-0.2, 0) is 9.84 Å².